The molecule has 0 spiro atoms. The van der Waals surface area contributed by atoms with Gasteiger partial charge in [-0.1, -0.05) is 81.8 Å². The van der Waals surface area contributed by atoms with Crippen molar-refractivity contribution in [1.82, 2.24) is 0 Å². The van der Waals surface area contributed by atoms with Gasteiger partial charge in [0.15, 0.2) is 0 Å². The van der Waals surface area contributed by atoms with Crippen LogP contribution in [-0.4, -0.2) is 38.7 Å². The van der Waals surface area contributed by atoms with Crippen LogP contribution in [0.3, 0.4) is 0 Å². The molecule has 0 aromatic heterocycles. The molecule has 3 aromatic carbocycles. The Balaban J connectivity index is 1.77. The number of rotatable bonds is 9. The molecule has 200 valence electrons. The Labute approximate surface area is 237 Å². The van der Waals surface area contributed by atoms with Crippen molar-refractivity contribution in [3.63, 3.8) is 0 Å². The van der Waals surface area contributed by atoms with E-state index in [0.29, 0.717) is 32.6 Å². The summed E-state index contributed by atoms with van der Waals surface area (Å²) < 4.78 is 9.94. The van der Waals surface area contributed by atoms with Gasteiger partial charge in [-0.15, -0.1) is 0 Å². The van der Waals surface area contributed by atoms with E-state index in [1.807, 2.05) is 36.4 Å². The van der Waals surface area contributed by atoms with Crippen LogP contribution < -0.4 is 0 Å². The number of benzene rings is 3. The highest BCUT2D eigenvalue weighted by molar-refractivity contribution is 6.47. The molecule has 7 nitrogen and oxygen atoms in total. The molecule has 39 heavy (non-hydrogen) atoms. The number of hydrogen-bond donors (Lipinski definition) is 0. The van der Waals surface area contributed by atoms with Crippen molar-refractivity contribution in [1.29, 1.82) is 0 Å². The van der Waals surface area contributed by atoms with E-state index in [-0.39, 0.29) is 12.2 Å². The van der Waals surface area contributed by atoms with Crippen molar-refractivity contribution in [2.24, 2.45) is 10.3 Å². The first-order valence-corrected chi connectivity index (χ1v) is 12.4. The molecule has 9 heteroatoms. The van der Waals surface area contributed by atoms with E-state index in [4.69, 9.17) is 42.4 Å². The monoisotopic (exact) mass is 564 g/mol. The number of esters is 1. The average molecular weight is 565 g/mol. The summed E-state index contributed by atoms with van der Waals surface area (Å²) in [7, 11) is 4.22. The second kappa shape index (κ2) is 14.6. The number of nitrogens with zero attached hydrogens (tertiary/aromatic N) is 2. The summed E-state index contributed by atoms with van der Waals surface area (Å²) in [6.07, 6.45) is 1.33. The summed E-state index contributed by atoms with van der Waals surface area (Å²) in [5.41, 5.74) is 4.80. The van der Waals surface area contributed by atoms with Gasteiger partial charge in [0.2, 0.25) is 0 Å². The molecule has 0 aliphatic heterocycles. The Morgan fingerprint density at radius 2 is 1.69 bits per heavy atom. The fraction of sp³-hybridized carbons (Fsp3) is 0.167. The Morgan fingerprint density at radius 1 is 0.949 bits per heavy atom. The molecule has 3 rings (SSSR count). The molecular weight excluding hydrogens is 539 g/mol. The van der Waals surface area contributed by atoms with Crippen LogP contribution in [0.25, 0.3) is 5.57 Å². The first-order chi connectivity index (χ1) is 18.9. The second-order valence-electron chi connectivity index (χ2n) is 7.94. The minimum atomic E-state index is -0.525. The number of hydrogen-bond acceptors (Lipinski definition) is 7. The topological polar surface area (TPSA) is 78.7 Å². The molecule has 0 bridgehead atoms. The molecule has 0 amide bonds. The van der Waals surface area contributed by atoms with Gasteiger partial charge in [-0.05, 0) is 42.8 Å². The van der Waals surface area contributed by atoms with Crippen molar-refractivity contribution in [3.8, 4) is 11.8 Å². The number of ether oxygens (including phenoxy) is 2. The normalized spacial score (nSPS) is 11.8. The van der Waals surface area contributed by atoms with Gasteiger partial charge < -0.3 is 19.1 Å². The zero-order valence-electron chi connectivity index (χ0n) is 21.8. The predicted molar refractivity (Wildman–Crippen MR) is 154 cm³/mol. The summed E-state index contributed by atoms with van der Waals surface area (Å²) in [6, 6.07) is 19.9. The summed E-state index contributed by atoms with van der Waals surface area (Å²) in [5.74, 6) is 5.61. The van der Waals surface area contributed by atoms with E-state index in [1.165, 1.54) is 27.6 Å². The van der Waals surface area contributed by atoms with E-state index >= 15 is 0 Å². The van der Waals surface area contributed by atoms with Gasteiger partial charge in [0.05, 0.1) is 25.5 Å². The number of methoxy groups -OCH3 is 2. The molecular formula is C30H26Cl2N2O5. The predicted octanol–water partition coefficient (Wildman–Crippen LogP) is 6.50. The largest absolute Gasteiger partial charge is 0.503 e. The molecule has 0 aliphatic carbocycles. The summed E-state index contributed by atoms with van der Waals surface area (Å²) >= 11 is 12.1. The van der Waals surface area contributed by atoms with E-state index in [2.05, 4.69) is 22.2 Å². The van der Waals surface area contributed by atoms with Gasteiger partial charge >= 0.3 is 5.97 Å². The fourth-order valence-electron chi connectivity index (χ4n) is 3.46. The van der Waals surface area contributed by atoms with Crippen LogP contribution in [0, 0.1) is 11.8 Å². The van der Waals surface area contributed by atoms with E-state index in [9.17, 15) is 4.79 Å². The van der Waals surface area contributed by atoms with Crippen LogP contribution in [-0.2, 0) is 30.6 Å². The molecule has 3 aromatic rings. The van der Waals surface area contributed by atoms with Crippen LogP contribution in [0.1, 0.15) is 34.7 Å². The highest BCUT2D eigenvalue weighted by Gasteiger charge is 2.17. The van der Waals surface area contributed by atoms with Gasteiger partial charge in [0.1, 0.15) is 30.7 Å². The highest BCUT2D eigenvalue weighted by atomic mass is 35.5. The van der Waals surface area contributed by atoms with Crippen molar-refractivity contribution >= 4 is 46.2 Å². The third-order valence-corrected chi connectivity index (χ3v) is 5.87. The van der Waals surface area contributed by atoms with E-state index < -0.39 is 5.97 Å². The summed E-state index contributed by atoms with van der Waals surface area (Å²) in [5, 5.41) is 9.39. The van der Waals surface area contributed by atoms with E-state index in [0.717, 1.165) is 16.7 Å². The van der Waals surface area contributed by atoms with E-state index in [1.54, 1.807) is 37.3 Å². The first-order valence-electron chi connectivity index (χ1n) is 11.6. The average Bonchev–Trinajstić information content (AvgIpc) is 2.94. The van der Waals surface area contributed by atoms with Crippen molar-refractivity contribution in [2.75, 3.05) is 21.3 Å². The Bertz CT molecular complexity index is 1470. The molecule has 0 heterocycles. The zero-order valence-corrected chi connectivity index (χ0v) is 23.3. The zero-order chi connectivity index (χ0) is 28.2. The van der Waals surface area contributed by atoms with Crippen molar-refractivity contribution in [2.45, 2.75) is 13.5 Å². The maximum atomic E-state index is 12.2. The van der Waals surface area contributed by atoms with Gasteiger partial charge in [-0.3, -0.25) is 0 Å². The minimum absolute atomic E-state index is 0.0909. The van der Waals surface area contributed by atoms with Gasteiger partial charge in [0, 0.05) is 27.3 Å². The van der Waals surface area contributed by atoms with Gasteiger partial charge in [-0.2, -0.15) is 0 Å². The number of halogens is 2. The van der Waals surface area contributed by atoms with Crippen molar-refractivity contribution in [3.05, 3.63) is 111 Å². The molecule has 0 N–H and O–H groups in total. The SMILES string of the molecule is COC=C(C(=O)OC)c1ccccc1CON=C(C)/C(=N/OC)c1ccc(C#Cc2ccc(Cl)cc2Cl)cc1. The van der Waals surface area contributed by atoms with Crippen LogP contribution in [0.15, 0.2) is 83.3 Å². The molecule has 0 saturated carbocycles. The maximum Gasteiger partial charge on any atom is 0.341 e. The molecule has 0 aliphatic rings. The fourth-order valence-corrected chi connectivity index (χ4v) is 3.92. The van der Waals surface area contributed by atoms with Gasteiger partial charge in [0.25, 0.3) is 0 Å². The Hall–Kier alpha value is -4.25. The Kier molecular flexibility index (Phi) is 11.0. The molecule has 0 saturated heterocycles. The standard InChI is InChI=1S/C30H26Cl2N2O5/c1-20(33-39-18-24-7-5-6-8-26(24)27(19-36-2)30(35)37-3)29(34-38-4)23-13-10-21(11-14-23)9-12-22-15-16-25(31)17-28(22)32/h5-8,10-11,13-17,19H,18H2,1-4H3/b27-19?,33-20?,34-29-. The quantitative estimate of drug-likeness (QED) is 0.0740. The third kappa shape index (κ3) is 8.11. The minimum Gasteiger partial charge on any atom is -0.503 e. The molecule has 0 fully saturated rings. The molecule has 0 radical (unpaired) electrons. The smallest absolute Gasteiger partial charge is 0.341 e. The number of carbonyl (C=O) groups excluding carboxylic acids is 1. The lowest BCUT2D eigenvalue weighted by Gasteiger charge is -2.11. The van der Waals surface area contributed by atoms with Crippen LogP contribution in [0.5, 0.6) is 0 Å². The molecule has 0 atom stereocenters. The molecule has 0 unspecified atom stereocenters. The lowest BCUT2D eigenvalue weighted by atomic mass is 10.0. The number of carbonyl (C=O) groups is 1. The number of oxime groups is 2. The summed E-state index contributed by atoms with van der Waals surface area (Å²) in [4.78, 5) is 22.9. The van der Waals surface area contributed by atoms with Crippen LogP contribution >= 0.6 is 23.2 Å². The van der Waals surface area contributed by atoms with Crippen LogP contribution in [0.2, 0.25) is 10.0 Å². The summed E-state index contributed by atoms with van der Waals surface area (Å²) in [6.45, 7) is 1.85. The maximum absolute atomic E-state index is 12.2. The van der Waals surface area contributed by atoms with Crippen LogP contribution in [0.4, 0.5) is 0 Å². The third-order valence-electron chi connectivity index (χ3n) is 5.33. The van der Waals surface area contributed by atoms with Gasteiger partial charge in [-0.25, -0.2) is 4.79 Å². The Morgan fingerprint density at radius 3 is 2.36 bits per heavy atom. The lowest BCUT2D eigenvalue weighted by Crippen LogP contribution is -2.13. The second-order valence-corrected chi connectivity index (χ2v) is 8.78. The first kappa shape index (κ1) is 29.3. The lowest BCUT2D eigenvalue weighted by molar-refractivity contribution is -0.133. The van der Waals surface area contributed by atoms with Crippen molar-refractivity contribution < 1.29 is 23.9 Å². The highest BCUT2D eigenvalue weighted by Crippen LogP contribution is 2.22.